The van der Waals surface area contributed by atoms with Crippen molar-refractivity contribution >= 4 is 10.8 Å². The molecular formula is C17H11F3. The van der Waals surface area contributed by atoms with Crippen molar-refractivity contribution in [3.63, 3.8) is 0 Å². The summed E-state index contributed by atoms with van der Waals surface area (Å²) in [6.45, 7) is 1.81. The van der Waals surface area contributed by atoms with Gasteiger partial charge in [-0.2, -0.15) is 0 Å². The lowest BCUT2D eigenvalue weighted by atomic mass is 10.00. The van der Waals surface area contributed by atoms with Gasteiger partial charge in [0.25, 0.3) is 0 Å². The molecule has 20 heavy (non-hydrogen) atoms. The third-order valence-corrected chi connectivity index (χ3v) is 3.31. The van der Waals surface area contributed by atoms with Crippen LogP contribution in [0.2, 0.25) is 0 Å². The van der Waals surface area contributed by atoms with Crippen LogP contribution in [0.5, 0.6) is 0 Å². The van der Waals surface area contributed by atoms with Crippen LogP contribution in [0, 0.1) is 24.4 Å². The van der Waals surface area contributed by atoms with E-state index in [1.54, 1.807) is 24.3 Å². The number of benzene rings is 3. The molecule has 0 aliphatic rings. The van der Waals surface area contributed by atoms with Crippen LogP contribution in [0.4, 0.5) is 13.2 Å². The quantitative estimate of drug-likeness (QED) is 0.568. The van der Waals surface area contributed by atoms with Crippen molar-refractivity contribution in [1.29, 1.82) is 0 Å². The second kappa shape index (κ2) is 4.67. The van der Waals surface area contributed by atoms with E-state index in [0.29, 0.717) is 21.9 Å². The highest BCUT2D eigenvalue weighted by Crippen LogP contribution is 2.28. The average Bonchev–Trinajstić information content (AvgIpc) is 2.40. The number of fused-ring (bicyclic) bond motifs is 1. The first-order chi connectivity index (χ1) is 9.54. The van der Waals surface area contributed by atoms with Crippen LogP contribution in [0.1, 0.15) is 5.56 Å². The normalized spacial score (nSPS) is 11.0. The van der Waals surface area contributed by atoms with Gasteiger partial charge in [-0.3, -0.25) is 0 Å². The van der Waals surface area contributed by atoms with Gasteiger partial charge >= 0.3 is 0 Å². The van der Waals surface area contributed by atoms with E-state index in [2.05, 4.69) is 0 Å². The molecule has 0 saturated heterocycles. The molecule has 0 unspecified atom stereocenters. The van der Waals surface area contributed by atoms with E-state index in [0.717, 1.165) is 17.7 Å². The lowest BCUT2D eigenvalue weighted by molar-refractivity contribution is 0.511. The highest BCUT2D eigenvalue weighted by molar-refractivity contribution is 5.87. The third-order valence-electron chi connectivity index (χ3n) is 3.31. The Kier molecular flexibility index (Phi) is 2.97. The monoisotopic (exact) mass is 272 g/mol. The van der Waals surface area contributed by atoms with Gasteiger partial charge in [-0.25, -0.2) is 13.2 Å². The fourth-order valence-corrected chi connectivity index (χ4v) is 2.26. The Bertz CT molecular complexity index is 807. The van der Waals surface area contributed by atoms with Crippen molar-refractivity contribution in [3.05, 3.63) is 71.5 Å². The summed E-state index contributed by atoms with van der Waals surface area (Å²) in [7, 11) is 0. The zero-order chi connectivity index (χ0) is 14.3. The van der Waals surface area contributed by atoms with E-state index in [1.165, 1.54) is 6.07 Å². The molecule has 3 rings (SSSR count). The molecule has 0 aliphatic heterocycles. The molecule has 0 amide bonds. The lowest BCUT2D eigenvalue weighted by Gasteiger charge is -2.07. The zero-order valence-electron chi connectivity index (χ0n) is 10.8. The summed E-state index contributed by atoms with van der Waals surface area (Å²) in [6.07, 6.45) is 0. The van der Waals surface area contributed by atoms with Gasteiger partial charge in [0.05, 0.1) is 0 Å². The molecule has 0 fully saturated rings. The smallest absolute Gasteiger partial charge is 0.159 e. The maximum Gasteiger partial charge on any atom is 0.159 e. The number of rotatable bonds is 1. The molecule has 0 aromatic heterocycles. The Balaban J connectivity index is 2.20. The predicted octanol–water partition coefficient (Wildman–Crippen LogP) is 5.23. The van der Waals surface area contributed by atoms with Gasteiger partial charge in [0.15, 0.2) is 11.6 Å². The van der Waals surface area contributed by atoms with Crippen LogP contribution in [0.15, 0.2) is 48.5 Å². The molecule has 0 heterocycles. The molecule has 0 nitrogen and oxygen atoms in total. The van der Waals surface area contributed by atoms with Gasteiger partial charge in [0.2, 0.25) is 0 Å². The molecule has 0 radical (unpaired) electrons. The molecule has 3 aromatic carbocycles. The first kappa shape index (κ1) is 12.7. The number of hydrogen-bond acceptors (Lipinski definition) is 0. The highest BCUT2D eigenvalue weighted by atomic mass is 19.2. The summed E-state index contributed by atoms with van der Waals surface area (Å²) in [6, 6.07) is 12.2. The first-order valence-electron chi connectivity index (χ1n) is 6.20. The van der Waals surface area contributed by atoms with Gasteiger partial charge in [0.1, 0.15) is 5.82 Å². The molecule has 0 N–H and O–H groups in total. The van der Waals surface area contributed by atoms with Crippen molar-refractivity contribution in [3.8, 4) is 11.1 Å². The maximum atomic E-state index is 13.9. The Morgan fingerprint density at radius 2 is 1.35 bits per heavy atom. The Morgan fingerprint density at radius 3 is 2.05 bits per heavy atom. The molecule has 0 aliphatic carbocycles. The average molecular weight is 272 g/mol. The maximum absolute atomic E-state index is 13.9. The Hall–Kier alpha value is -2.29. The van der Waals surface area contributed by atoms with Gasteiger partial charge in [-0.05, 0) is 53.1 Å². The topological polar surface area (TPSA) is 0 Å². The third kappa shape index (κ3) is 2.16. The largest absolute Gasteiger partial charge is 0.206 e. The Morgan fingerprint density at radius 1 is 0.650 bits per heavy atom. The number of halogens is 3. The summed E-state index contributed by atoms with van der Waals surface area (Å²) in [4.78, 5) is 0. The summed E-state index contributed by atoms with van der Waals surface area (Å²) in [5.74, 6) is -2.11. The van der Waals surface area contributed by atoms with E-state index >= 15 is 0 Å². The summed E-state index contributed by atoms with van der Waals surface area (Å²) >= 11 is 0. The Labute approximate surface area is 114 Å². The van der Waals surface area contributed by atoms with Crippen LogP contribution in [0.25, 0.3) is 21.9 Å². The standard InChI is InChI=1S/C17H11F3/c1-10-2-5-14(15(18)6-10)12-4-3-11-8-16(19)17(20)9-13(11)7-12/h2-9H,1H3. The highest BCUT2D eigenvalue weighted by Gasteiger charge is 2.08. The fraction of sp³-hybridized carbons (Fsp3) is 0.0588. The van der Waals surface area contributed by atoms with Crippen LogP contribution in [0.3, 0.4) is 0 Å². The minimum Gasteiger partial charge on any atom is -0.206 e. The SMILES string of the molecule is Cc1ccc(-c2ccc3cc(F)c(F)cc3c2)c(F)c1. The minimum atomic E-state index is -0.904. The van der Waals surface area contributed by atoms with Crippen molar-refractivity contribution in [2.75, 3.05) is 0 Å². The predicted molar refractivity (Wildman–Crippen MR) is 74.0 cm³/mol. The van der Waals surface area contributed by atoms with Crippen molar-refractivity contribution in [1.82, 2.24) is 0 Å². The van der Waals surface area contributed by atoms with Crippen molar-refractivity contribution < 1.29 is 13.2 Å². The van der Waals surface area contributed by atoms with Crippen LogP contribution in [-0.4, -0.2) is 0 Å². The van der Waals surface area contributed by atoms with Gasteiger partial charge in [-0.15, -0.1) is 0 Å². The second-order valence-electron chi connectivity index (χ2n) is 4.81. The summed E-state index contributed by atoms with van der Waals surface area (Å²) in [5, 5.41) is 1.13. The van der Waals surface area contributed by atoms with Crippen molar-refractivity contribution in [2.45, 2.75) is 6.92 Å². The first-order valence-corrected chi connectivity index (χ1v) is 6.20. The van der Waals surface area contributed by atoms with Crippen molar-refractivity contribution in [2.24, 2.45) is 0 Å². The number of aryl methyl sites for hydroxylation is 1. The number of hydrogen-bond donors (Lipinski definition) is 0. The zero-order valence-corrected chi connectivity index (χ0v) is 10.8. The fourth-order valence-electron chi connectivity index (χ4n) is 2.26. The molecule has 0 spiro atoms. The molecular weight excluding hydrogens is 261 g/mol. The van der Waals surface area contributed by atoms with E-state index in [4.69, 9.17) is 0 Å². The van der Waals surface area contributed by atoms with Gasteiger partial charge < -0.3 is 0 Å². The second-order valence-corrected chi connectivity index (χ2v) is 4.81. The summed E-state index contributed by atoms with van der Waals surface area (Å²) < 4.78 is 40.4. The molecule has 3 aromatic rings. The van der Waals surface area contributed by atoms with Crippen LogP contribution in [-0.2, 0) is 0 Å². The van der Waals surface area contributed by atoms with Crippen LogP contribution < -0.4 is 0 Å². The summed E-state index contributed by atoms with van der Waals surface area (Å²) in [5.41, 5.74) is 1.92. The molecule has 0 saturated carbocycles. The van der Waals surface area contributed by atoms with Gasteiger partial charge in [0, 0.05) is 5.56 Å². The molecule has 0 bridgehead atoms. The molecule has 100 valence electrons. The minimum absolute atomic E-state index is 0.327. The molecule has 3 heteroatoms. The van der Waals surface area contributed by atoms with E-state index in [9.17, 15) is 13.2 Å². The molecule has 0 atom stereocenters. The van der Waals surface area contributed by atoms with E-state index in [1.807, 2.05) is 13.0 Å². The van der Waals surface area contributed by atoms with E-state index < -0.39 is 11.6 Å². The van der Waals surface area contributed by atoms with Gasteiger partial charge in [-0.1, -0.05) is 24.3 Å². The lowest BCUT2D eigenvalue weighted by Crippen LogP contribution is -1.88. The van der Waals surface area contributed by atoms with Crippen LogP contribution >= 0.6 is 0 Å². The van der Waals surface area contributed by atoms with E-state index in [-0.39, 0.29) is 5.82 Å².